The summed E-state index contributed by atoms with van der Waals surface area (Å²) in [6, 6.07) is 7.19. The molecule has 5 atom stereocenters. The van der Waals surface area contributed by atoms with Gasteiger partial charge >= 0.3 is 11.9 Å². The fourth-order valence-electron chi connectivity index (χ4n) is 4.65. The summed E-state index contributed by atoms with van der Waals surface area (Å²) in [6.07, 6.45) is 1.54. The molecule has 4 rings (SSSR count). The Kier molecular flexibility index (Phi) is 4.96. The normalized spacial score (nSPS) is 27.9. The standard InChI is InChI=1S/C22H24O7/c1-12(13(2)28-14(3)23)22(9-19(29-21(22)25)15-7-8-26-10-15)18-6-4-5-16-17(18)11-27-20(16)24/h4-8,10,12-13,19,21,25H,9,11H2,1-3H3/t12-,13+,19-,21+,22-/m1/s1. The molecule has 1 saturated heterocycles. The van der Waals surface area contributed by atoms with E-state index in [0.29, 0.717) is 12.0 Å². The van der Waals surface area contributed by atoms with Crippen molar-refractivity contribution in [3.63, 3.8) is 0 Å². The predicted molar refractivity (Wildman–Crippen MR) is 101 cm³/mol. The van der Waals surface area contributed by atoms with Crippen molar-refractivity contribution in [2.24, 2.45) is 5.92 Å². The number of esters is 2. The van der Waals surface area contributed by atoms with E-state index < -0.39 is 29.9 Å². The number of aliphatic hydroxyl groups is 1. The Hall–Kier alpha value is -2.64. The third kappa shape index (κ3) is 3.14. The Labute approximate surface area is 168 Å². The van der Waals surface area contributed by atoms with Gasteiger partial charge in [0.05, 0.1) is 29.6 Å². The molecule has 2 aliphatic rings. The number of hydrogen-bond donors (Lipinski definition) is 1. The van der Waals surface area contributed by atoms with E-state index in [4.69, 9.17) is 18.6 Å². The van der Waals surface area contributed by atoms with E-state index in [-0.39, 0.29) is 18.5 Å². The molecular weight excluding hydrogens is 376 g/mol. The van der Waals surface area contributed by atoms with E-state index >= 15 is 0 Å². The molecule has 7 nitrogen and oxygen atoms in total. The molecule has 29 heavy (non-hydrogen) atoms. The van der Waals surface area contributed by atoms with Crippen LogP contribution in [0.4, 0.5) is 0 Å². The maximum Gasteiger partial charge on any atom is 0.338 e. The molecule has 0 saturated carbocycles. The largest absolute Gasteiger partial charge is 0.472 e. The summed E-state index contributed by atoms with van der Waals surface area (Å²) < 4.78 is 21.9. The smallest absolute Gasteiger partial charge is 0.338 e. The van der Waals surface area contributed by atoms with Gasteiger partial charge in [0, 0.05) is 24.0 Å². The van der Waals surface area contributed by atoms with Gasteiger partial charge in [-0.1, -0.05) is 19.1 Å². The zero-order chi connectivity index (χ0) is 20.8. The number of furan rings is 1. The molecule has 3 heterocycles. The van der Waals surface area contributed by atoms with Crippen LogP contribution < -0.4 is 0 Å². The molecule has 2 aliphatic heterocycles. The Morgan fingerprint density at radius 3 is 2.79 bits per heavy atom. The summed E-state index contributed by atoms with van der Waals surface area (Å²) in [7, 11) is 0. The average Bonchev–Trinajstić information content (AvgIpc) is 3.40. The lowest BCUT2D eigenvalue weighted by Gasteiger charge is -2.41. The number of rotatable bonds is 5. The van der Waals surface area contributed by atoms with Crippen LogP contribution in [0.15, 0.2) is 41.2 Å². The zero-order valence-corrected chi connectivity index (χ0v) is 16.6. The van der Waals surface area contributed by atoms with Crippen LogP contribution in [0.3, 0.4) is 0 Å². The maximum atomic E-state index is 12.1. The molecule has 1 fully saturated rings. The average molecular weight is 400 g/mol. The highest BCUT2D eigenvalue weighted by atomic mass is 16.6. The molecule has 1 aromatic carbocycles. The van der Waals surface area contributed by atoms with Crippen LogP contribution in [-0.4, -0.2) is 29.4 Å². The number of hydrogen-bond acceptors (Lipinski definition) is 7. The minimum atomic E-state index is -1.17. The van der Waals surface area contributed by atoms with Crippen molar-refractivity contribution in [2.45, 2.75) is 57.7 Å². The number of cyclic esters (lactones) is 1. The third-order valence-corrected chi connectivity index (χ3v) is 6.29. The van der Waals surface area contributed by atoms with E-state index in [1.807, 2.05) is 13.0 Å². The monoisotopic (exact) mass is 400 g/mol. The minimum absolute atomic E-state index is 0.143. The molecule has 154 valence electrons. The van der Waals surface area contributed by atoms with Gasteiger partial charge in [-0.3, -0.25) is 4.79 Å². The van der Waals surface area contributed by atoms with Crippen LogP contribution in [0.2, 0.25) is 0 Å². The van der Waals surface area contributed by atoms with Gasteiger partial charge in [0.2, 0.25) is 0 Å². The van der Waals surface area contributed by atoms with Gasteiger partial charge in [0.15, 0.2) is 6.29 Å². The van der Waals surface area contributed by atoms with Crippen LogP contribution in [0.5, 0.6) is 0 Å². The second kappa shape index (κ2) is 7.31. The molecule has 0 radical (unpaired) electrons. The lowest BCUT2D eigenvalue weighted by Crippen LogP contribution is -2.47. The highest BCUT2D eigenvalue weighted by Crippen LogP contribution is 2.54. The van der Waals surface area contributed by atoms with Crippen molar-refractivity contribution in [1.82, 2.24) is 0 Å². The fraction of sp³-hybridized carbons (Fsp3) is 0.455. The quantitative estimate of drug-likeness (QED) is 0.770. The molecule has 2 aromatic rings. The summed E-state index contributed by atoms with van der Waals surface area (Å²) in [6.45, 7) is 5.23. The van der Waals surface area contributed by atoms with Gasteiger partial charge in [0.25, 0.3) is 0 Å². The number of benzene rings is 1. The van der Waals surface area contributed by atoms with Crippen LogP contribution in [0.1, 0.15) is 60.3 Å². The molecule has 7 heteroatoms. The van der Waals surface area contributed by atoms with E-state index in [0.717, 1.165) is 16.7 Å². The first-order valence-corrected chi connectivity index (χ1v) is 9.67. The van der Waals surface area contributed by atoms with Crippen molar-refractivity contribution < 1.29 is 33.3 Å². The highest BCUT2D eigenvalue weighted by Gasteiger charge is 2.56. The van der Waals surface area contributed by atoms with Crippen LogP contribution in [0, 0.1) is 5.92 Å². The van der Waals surface area contributed by atoms with Crippen molar-refractivity contribution >= 4 is 11.9 Å². The first kappa shape index (κ1) is 19.7. The summed E-state index contributed by atoms with van der Waals surface area (Å²) >= 11 is 0. The minimum Gasteiger partial charge on any atom is -0.472 e. The van der Waals surface area contributed by atoms with Crippen LogP contribution >= 0.6 is 0 Å². The molecule has 0 spiro atoms. The first-order valence-electron chi connectivity index (χ1n) is 9.67. The number of fused-ring (bicyclic) bond motifs is 1. The molecular formula is C22H24O7. The van der Waals surface area contributed by atoms with Gasteiger partial charge in [-0.2, -0.15) is 0 Å². The van der Waals surface area contributed by atoms with Gasteiger partial charge in [-0.05, 0) is 31.0 Å². The van der Waals surface area contributed by atoms with Gasteiger partial charge in [0.1, 0.15) is 12.7 Å². The number of aliphatic hydroxyl groups excluding tert-OH is 1. The lowest BCUT2D eigenvalue weighted by molar-refractivity contribution is -0.158. The lowest BCUT2D eigenvalue weighted by atomic mass is 9.65. The number of carbonyl (C=O) groups excluding carboxylic acids is 2. The molecule has 0 unspecified atom stereocenters. The van der Waals surface area contributed by atoms with Gasteiger partial charge in [-0.25, -0.2) is 4.79 Å². The molecule has 0 aliphatic carbocycles. The second-order valence-corrected chi connectivity index (χ2v) is 7.79. The van der Waals surface area contributed by atoms with Crippen molar-refractivity contribution in [3.05, 3.63) is 59.0 Å². The molecule has 1 aromatic heterocycles. The summed E-state index contributed by atoms with van der Waals surface area (Å²) in [5, 5.41) is 11.2. The summed E-state index contributed by atoms with van der Waals surface area (Å²) in [5.74, 6) is -1.07. The topological polar surface area (TPSA) is 95.2 Å². The molecule has 1 N–H and O–H groups in total. The van der Waals surface area contributed by atoms with Crippen molar-refractivity contribution in [3.8, 4) is 0 Å². The van der Waals surface area contributed by atoms with Gasteiger partial charge < -0.3 is 23.7 Å². The summed E-state index contributed by atoms with van der Waals surface area (Å²) in [5.41, 5.74) is 1.93. The first-order chi connectivity index (χ1) is 13.8. The number of ether oxygens (including phenoxy) is 3. The van der Waals surface area contributed by atoms with E-state index in [1.54, 1.807) is 37.6 Å². The predicted octanol–water partition coefficient (Wildman–Crippen LogP) is 3.26. The fourth-order valence-corrected chi connectivity index (χ4v) is 4.65. The molecule has 0 amide bonds. The van der Waals surface area contributed by atoms with E-state index in [9.17, 15) is 14.7 Å². The van der Waals surface area contributed by atoms with Crippen molar-refractivity contribution in [2.75, 3.05) is 0 Å². The summed E-state index contributed by atoms with van der Waals surface area (Å²) in [4.78, 5) is 23.7. The Morgan fingerprint density at radius 2 is 2.10 bits per heavy atom. The third-order valence-electron chi connectivity index (χ3n) is 6.29. The van der Waals surface area contributed by atoms with Crippen LogP contribution in [-0.2, 0) is 31.0 Å². The van der Waals surface area contributed by atoms with E-state index in [1.165, 1.54) is 6.92 Å². The Morgan fingerprint density at radius 1 is 1.31 bits per heavy atom. The van der Waals surface area contributed by atoms with E-state index in [2.05, 4.69) is 0 Å². The molecule has 0 bridgehead atoms. The second-order valence-electron chi connectivity index (χ2n) is 7.79. The number of carbonyl (C=O) groups is 2. The highest BCUT2D eigenvalue weighted by molar-refractivity contribution is 5.93. The Balaban J connectivity index is 1.83. The van der Waals surface area contributed by atoms with Crippen LogP contribution in [0.25, 0.3) is 0 Å². The Bertz CT molecular complexity index is 919. The van der Waals surface area contributed by atoms with Crippen molar-refractivity contribution in [1.29, 1.82) is 0 Å². The van der Waals surface area contributed by atoms with Gasteiger partial charge in [-0.15, -0.1) is 0 Å². The zero-order valence-electron chi connectivity index (χ0n) is 16.6. The maximum absolute atomic E-state index is 12.1. The SMILES string of the molecule is CC(=O)O[C@@H](C)[C@@H](C)[C@@]1(c2cccc3c2COC3=O)C[C@H](c2ccoc2)O[C@@H]1O.